The Hall–Kier alpha value is 0.310. The standard InChI is InChI=1S/C10H21NS/c1-4-11(9(2)3)10-6-5-7-12-8-10/h9-10H,4-8H2,1-3H3. The first-order chi connectivity index (χ1) is 5.75. The molecular formula is C10H21NS. The zero-order valence-electron chi connectivity index (χ0n) is 8.55. The van der Waals surface area contributed by atoms with Gasteiger partial charge in [-0.15, -0.1) is 0 Å². The predicted octanol–water partition coefficient (Wildman–Crippen LogP) is 2.61. The van der Waals surface area contributed by atoms with Crippen molar-refractivity contribution >= 4 is 11.8 Å². The first-order valence-corrected chi connectivity index (χ1v) is 6.24. The molecule has 0 aromatic carbocycles. The third kappa shape index (κ3) is 2.67. The van der Waals surface area contributed by atoms with Gasteiger partial charge < -0.3 is 0 Å². The Labute approximate surface area is 80.9 Å². The summed E-state index contributed by atoms with van der Waals surface area (Å²) in [7, 11) is 0. The van der Waals surface area contributed by atoms with Gasteiger partial charge in [-0.2, -0.15) is 11.8 Å². The van der Waals surface area contributed by atoms with Crippen molar-refractivity contribution in [3.05, 3.63) is 0 Å². The highest BCUT2D eigenvalue weighted by molar-refractivity contribution is 7.99. The highest BCUT2D eigenvalue weighted by Gasteiger charge is 2.21. The summed E-state index contributed by atoms with van der Waals surface area (Å²) in [6, 6.07) is 1.58. The number of rotatable bonds is 3. The second-order valence-corrected chi connectivity index (χ2v) is 4.94. The second-order valence-electron chi connectivity index (χ2n) is 3.80. The molecule has 0 aliphatic carbocycles. The molecule has 0 bridgehead atoms. The first kappa shape index (κ1) is 10.4. The molecule has 0 saturated carbocycles. The molecule has 0 radical (unpaired) electrons. The zero-order chi connectivity index (χ0) is 8.97. The van der Waals surface area contributed by atoms with E-state index in [1.807, 2.05) is 0 Å². The largest absolute Gasteiger partial charge is 0.297 e. The minimum absolute atomic E-state index is 0.721. The van der Waals surface area contributed by atoms with E-state index in [1.165, 1.54) is 30.9 Å². The molecule has 1 saturated heterocycles. The van der Waals surface area contributed by atoms with Crippen molar-refractivity contribution in [1.29, 1.82) is 0 Å². The summed E-state index contributed by atoms with van der Waals surface area (Å²) in [6.07, 6.45) is 2.83. The van der Waals surface area contributed by atoms with Gasteiger partial charge in [0.05, 0.1) is 0 Å². The summed E-state index contributed by atoms with van der Waals surface area (Å²) in [5.74, 6) is 2.73. The van der Waals surface area contributed by atoms with E-state index in [4.69, 9.17) is 0 Å². The van der Waals surface area contributed by atoms with Gasteiger partial charge in [-0.3, -0.25) is 4.90 Å². The Bertz CT molecular complexity index is 119. The minimum atomic E-state index is 0.721. The molecule has 1 unspecified atom stereocenters. The molecule has 1 fully saturated rings. The van der Waals surface area contributed by atoms with Gasteiger partial charge in [0.15, 0.2) is 0 Å². The van der Waals surface area contributed by atoms with Gasteiger partial charge in [0.2, 0.25) is 0 Å². The molecule has 1 atom stereocenters. The second kappa shape index (κ2) is 5.13. The normalized spacial score (nSPS) is 25.2. The molecule has 12 heavy (non-hydrogen) atoms. The predicted molar refractivity (Wildman–Crippen MR) is 57.9 cm³/mol. The van der Waals surface area contributed by atoms with Crippen LogP contribution in [0.3, 0.4) is 0 Å². The van der Waals surface area contributed by atoms with Crippen molar-refractivity contribution in [2.45, 2.75) is 45.7 Å². The van der Waals surface area contributed by atoms with Gasteiger partial charge in [-0.1, -0.05) is 6.92 Å². The quantitative estimate of drug-likeness (QED) is 0.668. The van der Waals surface area contributed by atoms with E-state index < -0.39 is 0 Å². The number of hydrogen-bond acceptors (Lipinski definition) is 2. The maximum absolute atomic E-state index is 2.63. The maximum atomic E-state index is 2.63. The Balaban J connectivity index is 2.40. The van der Waals surface area contributed by atoms with Crippen LogP contribution in [0.5, 0.6) is 0 Å². The summed E-state index contributed by atoms with van der Waals surface area (Å²) in [5, 5.41) is 0. The van der Waals surface area contributed by atoms with E-state index in [9.17, 15) is 0 Å². The van der Waals surface area contributed by atoms with E-state index >= 15 is 0 Å². The lowest BCUT2D eigenvalue weighted by molar-refractivity contribution is 0.166. The first-order valence-electron chi connectivity index (χ1n) is 5.09. The molecule has 1 rings (SSSR count). The number of hydrogen-bond donors (Lipinski definition) is 0. The molecule has 1 aliphatic rings. The average molecular weight is 187 g/mol. The third-order valence-electron chi connectivity index (χ3n) is 2.63. The van der Waals surface area contributed by atoms with Crippen LogP contribution >= 0.6 is 11.8 Å². The molecule has 0 spiro atoms. The summed E-state index contributed by atoms with van der Waals surface area (Å²) in [5.41, 5.74) is 0. The Morgan fingerprint density at radius 2 is 2.25 bits per heavy atom. The average Bonchev–Trinajstić information content (AvgIpc) is 2.07. The third-order valence-corrected chi connectivity index (χ3v) is 3.83. The van der Waals surface area contributed by atoms with Gasteiger partial charge in [-0.05, 0) is 39.0 Å². The molecule has 1 aliphatic heterocycles. The molecular weight excluding hydrogens is 166 g/mol. The summed E-state index contributed by atoms with van der Waals surface area (Å²) >= 11 is 2.12. The smallest absolute Gasteiger partial charge is 0.0189 e. The van der Waals surface area contributed by atoms with E-state index in [-0.39, 0.29) is 0 Å². The molecule has 1 nitrogen and oxygen atoms in total. The topological polar surface area (TPSA) is 3.24 Å². The fourth-order valence-electron chi connectivity index (χ4n) is 2.03. The molecule has 0 aromatic heterocycles. The molecule has 0 aromatic rings. The Morgan fingerprint density at radius 3 is 2.67 bits per heavy atom. The van der Waals surface area contributed by atoms with Crippen molar-refractivity contribution in [1.82, 2.24) is 4.90 Å². The fourth-order valence-corrected chi connectivity index (χ4v) is 3.20. The van der Waals surface area contributed by atoms with E-state index in [1.54, 1.807) is 0 Å². The molecule has 0 amide bonds. The van der Waals surface area contributed by atoms with Crippen LogP contribution in [-0.2, 0) is 0 Å². The van der Waals surface area contributed by atoms with Crippen molar-refractivity contribution in [2.24, 2.45) is 0 Å². The molecule has 1 heterocycles. The molecule has 72 valence electrons. The summed E-state index contributed by atoms with van der Waals surface area (Å²) in [4.78, 5) is 2.63. The zero-order valence-corrected chi connectivity index (χ0v) is 9.36. The van der Waals surface area contributed by atoms with E-state index in [2.05, 4.69) is 37.4 Å². The number of thioether (sulfide) groups is 1. The van der Waals surface area contributed by atoms with Gasteiger partial charge in [0.1, 0.15) is 0 Å². The lowest BCUT2D eigenvalue weighted by Gasteiger charge is -2.36. The van der Waals surface area contributed by atoms with Crippen LogP contribution in [0.4, 0.5) is 0 Å². The van der Waals surface area contributed by atoms with Gasteiger partial charge >= 0.3 is 0 Å². The monoisotopic (exact) mass is 187 g/mol. The van der Waals surface area contributed by atoms with Crippen molar-refractivity contribution in [3.8, 4) is 0 Å². The lowest BCUT2D eigenvalue weighted by Crippen LogP contribution is -2.43. The van der Waals surface area contributed by atoms with Crippen LogP contribution < -0.4 is 0 Å². The highest BCUT2D eigenvalue weighted by Crippen LogP contribution is 2.22. The van der Waals surface area contributed by atoms with Gasteiger partial charge in [-0.25, -0.2) is 0 Å². The van der Waals surface area contributed by atoms with Crippen LogP contribution in [-0.4, -0.2) is 35.0 Å². The van der Waals surface area contributed by atoms with Crippen LogP contribution in [0.25, 0.3) is 0 Å². The van der Waals surface area contributed by atoms with E-state index in [0.717, 1.165) is 12.1 Å². The van der Waals surface area contributed by atoms with Crippen LogP contribution in [0.2, 0.25) is 0 Å². The van der Waals surface area contributed by atoms with Gasteiger partial charge in [0, 0.05) is 17.8 Å². The van der Waals surface area contributed by atoms with Crippen LogP contribution in [0.1, 0.15) is 33.6 Å². The van der Waals surface area contributed by atoms with Crippen LogP contribution in [0.15, 0.2) is 0 Å². The Kier molecular flexibility index (Phi) is 4.44. The van der Waals surface area contributed by atoms with Crippen molar-refractivity contribution < 1.29 is 0 Å². The maximum Gasteiger partial charge on any atom is 0.0189 e. The minimum Gasteiger partial charge on any atom is -0.297 e. The molecule has 0 N–H and O–H groups in total. The lowest BCUT2D eigenvalue weighted by atomic mass is 10.1. The van der Waals surface area contributed by atoms with Crippen molar-refractivity contribution in [3.63, 3.8) is 0 Å². The van der Waals surface area contributed by atoms with Crippen LogP contribution in [0, 0.1) is 0 Å². The van der Waals surface area contributed by atoms with E-state index in [0.29, 0.717) is 0 Å². The summed E-state index contributed by atoms with van der Waals surface area (Å²) in [6.45, 7) is 8.10. The summed E-state index contributed by atoms with van der Waals surface area (Å²) < 4.78 is 0. The van der Waals surface area contributed by atoms with Crippen molar-refractivity contribution in [2.75, 3.05) is 18.1 Å². The molecule has 2 heteroatoms. The van der Waals surface area contributed by atoms with Gasteiger partial charge in [0.25, 0.3) is 0 Å². The Morgan fingerprint density at radius 1 is 1.50 bits per heavy atom. The SMILES string of the molecule is CCN(C(C)C)C1CCCSC1. The number of nitrogens with zero attached hydrogens (tertiary/aromatic N) is 1. The fraction of sp³-hybridized carbons (Fsp3) is 1.00. The highest BCUT2D eigenvalue weighted by atomic mass is 32.2.